The summed E-state index contributed by atoms with van der Waals surface area (Å²) >= 11 is 0. The van der Waals surface area contributed by atoms with Gasteiger partial charge >= 0.3 is 25.7 Å². The Morgan fingerprint density at radius 3 is 1.11 bits per heavy atom. The maximum atomic E-state index is 12.9. The van der Waals surface area contributed by atoms with Crippen molar-refractivity contribution in [2.45, 2.75) is 277 Å². The van der Waals surface area contributed by atoms with E-state index in [9.17, 15) is 28.9 Å². The van der Waals surface area contributed by atoms with E-state index >= 15 is 0 Å². The van der Waals surface area contributed by atoms with E-state index in [0.717, 1.165) is 96.3 Å². The number of ether oxygens (including phenoxy) is 3. The van der Waals surface area contributed by atoms with Crippen molar-refractivity contribution >= 4 is 25.7 Å². The van der Waals surface area contributed by atoms with Gasteiger partial charge in [-0.3, -0.25) is 23.4 Å². The van der Waals surface area contributed by atoms with E-state index in [2.05, 4.69) is 93.7 Å². The predicted octanol–water partition coefficient (Wildman–Crippen LogP) is 17.7. The monoisotopic (exact) mass is 1060 g/mol. The maximum absolute atomic E-state index is 12.9. The maximum Gasteiger partial charge on any atom is 0.472 e. The van der Waals surface area contributed by atoms with Crippen molar-refractivity contribution in [1.29, 1.82) is 0 Å². The Labute approximate surface area is 452 Å². The van der Waals surface area contributed by atoms with E-state index in [1.807, 2.05) is 0 Å². The number of aliphatic hydroxyl groups is 1. The first-order valence-corrected chi connectivity index (χ1v) is 31.3. The predicted molar refractivity (Wildman–Crippen MR) is 307 cm³/mol. The molecule has 0 aliphatic carbocycles. The highest BCUT2D eigenvalue weighted by atomic mass is 31.2. The van der Waals surface area contributed by atoms with Crippen molar-refractivity contribution in [2.24, 2.45) is 0 Å². The van der Waals surface area contributed by atoms with Gasteiger partial charge in [0.1, 0.15) is 12.7 Å². The number of hydrogen-bond donors (Lipinski definition) is 2. The minimum atomic E-state index is -4.76. The molecular formula is C62H109O11P. The van der Waals surface area contributed by atoms with Gasteiger partial charge in [-0.15, -0.1) is 0 Å². The average molecular weight is 1060 g/mol. The SMILES string of the molecule is CC/C=C\C/C=C\C/C=C\C/C=C\C/C=C\CCCCCC(=O)OC(COC(=O)CCCCCCCCC/C=C\CCCCCCCC)COP(=O)(O)OCC(CO)OC(=O)CCCCCCCCCCCCC. The summed E-state index contributed by atoms with van der Waals surface area (Å²) in [5.74, 6) is -1.50. The molecule has 11 nitrogen and oxygen atoms in total. The zero-order chi connectivity index (χ0) is 54.1. The molecule has 0 aliphatic rings. The lowest BCUT2D eigenvalue weighted by molar-refractivity contribution is -0.161. The smallest absolute Gasteiger partial charge is 0.462 e. The molecule has 0 saturated heterocycles. The van der Waals surface area contributed by atoms with E-state index < -0.39 is 57.8 Å². The molecule has 0 spiro atoms. The van der Waals surface area contributed by atoms with Crippen LogP contribution < -0.4 is 0 Å². The third kappa shape index (κ3) is 53.7. The van der Waals surface area contributed by atoms with Crippen LogP contribution in [-0.2, 0) is 42.2 Å². The summed E-state index contributed by atoms with van der Waals surface area (Å²) in [5.41, 5.74) is 0. The molecule has 0 aromatic rings. The van der Waals surface area contributed by atoms with Crippen molar-refractivity contribution in [3.63, 3.8) is 0 Å². The molecule has 12 heteroatoms. The van der Waals surface area contributed by atoms with Gasteiger partial charge in [0.25, 0.3) is 0 Å². The van der Waals surface area contributed by atoms with E-state index in [-0.39, 0.29) is 25.9 Å². The van der Waals surface area contributed by atoms with Crippen molar-refractivity contribution < 1.29 is 52.2 Å². The molecule has 0 amide bonds. The summed E-state index contributed by atoms with van der Waals surface area (Å²) in [6.07, 6.45) is 62.9. The molecular weight excluding hydrogens is 952 g/mol. The fourth-order valence-electron chi connectivity index (χ4n) is 8.08. The summed E-state index contributed by atoms with van der Waals surface area (Å²) in [4.78, 5) is 48.5. The van der Waals surface area contributed by atoms with E-state index in [1.54, 1.807) is 0 Å². The summed E-state index contributed by atoms with van der Waals surface area (Å²) in [6.45, 7) is 4.50. The number of allylic oxidation sites excluding steroid dienone is 12. The van der Waals surface area contributed by atoms with Crippen molar-refractivity contribution in [1.82, 2.24) is 0 Å². The van der Waals surface area contributed by atoms with Gasteiger partial charge in [0.2, 0.25) is 0 Å². The van der Waals surface area contributed by atoms with Crippen LogP contribution >= 0.6 is 7.82 Å². The summed E-state index contributed by atoms with van der Waals surface area (Å²) in [6, 6.07) is 0. The van der Waals surface area contributed by atoms with Crippen LogP contribution in [0.5, 0.6) is 0 Å². The molecule has 428 valence electrons. The van der Waals surface area contributed by atoms with Crippen LogP contribution in [0.1, 0.15) is 265 Å². The van der Waals surface area contributed by atoms with Crippen molar-refractivity contribution in [3.8, 4) is 0 Å². The zero-order valence-electron chi connectivity index (χ0n) is 47.3. The second-order valence-corrected chi connectivity index (χ2v) is 21.2. The van der Waals surface area contributed by atoms with Crippen LogP contribution in [0.15, 0.2) is 72.9 Å². The Morgan fingerprint density at radius 2 is 0.703 bits per heavy atom. The Morgan fingerprint density at radius 1 is 0.392 bits per heavy atom. The summed E-state index contributed by atoms with van der Waals surface area (Å²) < 4.78 is 39.5. The van der Waals surface area contributed by atoms with Crippen molar-refractivity contribution in [2.75, 3.05) is 26.4 Å². The number of phosphoric ester groups is 1. The van der Waals surface area contributed by atoms with Gasteiger partial charge in [-0.25, -0.2) is 4.57 Å². The number of esters is 3. The third-order valence-electron chi connectivity index (χ3n) is 12.6. The molecule has 3 unspecified atom stereocenters. The topological polar surface area (TPSA) is 155 Å². The second kappa shape index (κ2) is 56.1. The molecule has 0 heterocycles. The minimum absolute atomic E-state index is 0.127. The number of phosphoric acid groups is 1. The molecule has 0 aromatic heterocycles. The summed E-state index contributed by atoms with van der Waals surface area (Å²) in [5, 5.41) is 9.80. The number of rotatable bonds is 55. The Hall–Kier alpha value is -3.08. The fraction of sp³-hybridized carbons (Fsp3) is 0.758. The van der Waals surface area contributed by atoms with Gasteiger partial charge < -0.3 is 24.2 Å². The molecule has 0 fully saturated rings. The lowest BCUT2D eigenvalue weighted by Crippen LogP contribution is -2.30. The molecule has 74 heavy (non-hydrogen) atoms. The molecule has 0 saturated carbocycles. The highest BCUT2D eigenvalue weighted by Gasteiger charge is 2.28. The number of unbranched alkanes of at least 4 members (excludes halogenated alkanes) is 26. The highest BCUT2D eigenvalue weighted by molar-refractivity contribution is 7.47. The first kappa shape index (κ1) is 70.9. The van der Waals surface area contributed by atoms with Crippen LogP contribution in [-0.4, -0.2) is 66.5 Å². The standard InChI is InChI=1S/C62H109O11P/c1-4-7-10-13-16-19-22-24-26-28-29-31-33-35-38-41-44-47-50-53-62(66)73-59(55-69-60(64)51-48-45-42-39-37-34-32-30-27-25-23-20-17-14-11-8-5-2)57-71-74(67,68)70-56-58(54-63)72-61(65)52-49-46-43-40-36-21-18-15-12-9-6-3/h7,10,16,19,24-27,29,31,35,38,58-59,63H,4-6,8-9,11-15,17-18,20-23,28,30,32-34,36-37,39-57H2,1-3H3,(H,67,68)/b10-7-,19-16-,26-24-,27-25-,31-29-,38-35-. The second-order valence-electron chi connectivity index (χ2n) is 19.8. The molecule has 3 atom stereocenters. The van der Waals surface area contributed by atoms with E-state index in [0.29, 0.717) is 19.3 Å². The molecule has 0 rings (SSSR count). The Kier molecular flexibility index (Phi) is 53.8. The van der Waals surface area contributed by atoms with E-state index in [4.69, 9.17) is 23.3 Å². The third-order valence-corrected chi connectivity index (χ3v) is 13.6. The number of aliphatic hydroxyl groups excluding tert-OH is 1. The Balaban J connectivity index is 4.78. The quantitative estimate of drug-likeness (QED) is 0.0197. The van der Waals surface area contributed by atoms with E-state index in [1.165, 1.54) is 109 Å². The number of carbonyl (C=O) groups excluding carboxylic acids is 3. The number of carbonyl (C=O) groups is 3. The lowest BCUT2D eigenvalue weighted by atomic mass is 10.1. The Bertz CT molecular complexity index is 1520. The number of hydrogen-bond acceptors (Lipinski definition) is 10. The highest BCUT2D eigenvalue weighted by Crippen LogP contribution is 2.43. The average Bonchev–Trinajstić information content (AvgIpc) is 3.39. The molecule has 0 radical (unpaired) electrons. The van der Waals surface area contributed by atoms with Gasteiger partial charge in [-0.05, 0) is 89.9 Å². The van der Waals surface area contributed by atoms with Crippen LogP contribution in [0, 0.1) is 0 Å². The zero-order valence-corrected chi connectivity index (χ0v) is 48.2. The van der Waals surface area contributed by atoms with Crippen molar-refractivity contribution in [3.05, 3.63) is 72.9 Å². The molecule has 0 aromatic carbocycles. The molecule has 0 bridgehead atoms. The van der Waals surface area contributed by atoms with Gasteiger partial charge in [0, 0.05) is 19.3 Å². The summed E-state index contributed by atoms with van der Waals surface area (Å²) in [7, 11) is -4.76. The lowest BCUT2D eigenvalue weighted by Gasteiger charge is -2.21. The fourth-order valence-corrected chi connectivity index (χ4v) is 8.87. The van der Waals surface area contributed by atoms with Gasteiger partial charge in [0.15, 0.2) is 6.10 Å². The van der Waals surface area contributed by atoms with Crippen LogP contribution in [0.3, 0.4) is 0 Å². The molecule has 2 N–H and O–H groups in total. The van der Waals surface area contributed by atoms with Gasteiger partial charge in [0.05, 0.1) is 19.8 Å². The molecule has 0 aliphatic heterocycles. The minimum Gasteiger partial charge on any atom is -0.462 e. The largest absolute Gasteiger partial charge is 0.472 e. The van der Waals surface area contributed by atoms with Crippen LogP contribution in [0.25, 0.3) is 0 Å². The first-order chi connectivity index (χ1) is 36.2. The van der Waals surface area contributed by atoms with Crippen LogP contribution in [0.4, 0.5) is 0 Å². The van der Waals surface area contributed by atoms with Gasteiger partial charge in [-0.2, -0.15) is 0 Å². The van der Waals surface area contributed by atoms with Crippen LogP contribution in [0.2, 0.25) is 0 Å². The van der Waals surface area contributed by atoms with Gasteiger partial charge in [-0.1, -0.05) is 229 Å². The normalized spacial score (nSPS) is 13.9. The first-order valence-electron chi connectivity index (χ1n) is 29.8.